The summed E-state index contributed by atoms with van der Waals surface area (Å²) in [6.45, 7) is 0. The minimum atomic E-state index is -0.0252. The van der Waals surface area contributed by atoms with Gasteiger partial charge in [0.1, 0.15) is 5.75 Å². The Morgan fingerprint density at radius 2 is 1.67 bits per heavy atom. The molecule has 0 aliphatic rings. The summed E-state index contributed by atoms with van der Waals surface area (Å²) in [5, 5.41) is 1.84. The summed E-state index contributed by atoms with van der Waals surface area (Å²) >= 11 is 6.19. The predicted octanol–water partition coefficient (Wildman–Crippen LogP) is 4.81. The van der Waals surface area contributed by atoms with Gasteiger partial charge in [0.15, 0.2) is 5.43 Å². The Hall–Kier alpha value is -2.78. The Morgan fingerprint density at radius 1 is 0.875 bits per heavy atom. The molecule has 24 heavy (non-hydrogen) atoms. The number of ether oxygens (including phenoxy) is 1. The van der Waals surface area contributed by atoms with E-state index in [1.807, 2.05) is 48.5 Å². The Labute approximate surface area is 143 Å². The lowest BCUT2D eigenvalue weighted by Crippen LogP contribution is -2.10. The smallest absolute Gasteiger partial charge is 0.197 e. The molecule has 3 nitrogen and oxygen atoms in total. The zero-order valence-corrected chi connectivity index (χ0v) is 13.7. The fraction of sp³-hybridized carbons (Fsp3) is 0.0500. The standard InChI is InChI=1S/C20H14ClNO2/c1-24-15-8-10-18-17(12-15)20(23)16-9-7-13(21)11-19(16)22(18)14-5-3-2-4-6-14/h2-12H,1H3. The zero-order chi connectivity index (χ0) is 16.7. The molecule has 0 aliphatic carbocycles. The molecule has 4 aromatic rings. The van der Waals surface area contributed by atoms with E-state index in [0.717, 1.165) is 16.7 Å². The summed E-state index contributed by atoms with van der Waals surface area (Å²) < 4.78 is 7.34. The highest BCUT2D eigenvalue weighted by Crippen LogP contribution is 2.27. The Balaban J connectivity index is 2.26. The van der Waals surface area contributed by atoms with Crippen molar-refractivity contribution >= 4 is 33.4 Å². The summed E-state index contributed by atoms with van der Waals surface area (Å²) in [5.41, 5.74) is 2.56. The van der Waals surface area contributed by atoms with Crippen LogP contribution in [0.2, 0.25) is 5.02 Å². The minimum Gasteiger partial charge on any atom is -0.497 e. The van der Waals surface area contributed by atoms with Crippen LogP contribution in [0.1, 0.15) is 0 Å². The van der Waals surface area contributed by atoms with E-state index in [4.69, 9.17) is 16.3 Å². The lowest BCUT2D eigenvalue weighted by molar-refractivity contribution is 0.415. The van der Waals surface area contributed by atoms with Crippen LogP contribution in [0.3, 0.4) is 0 Å². The zero-order valence-electron chi connectivity index (χ0n) is 13.0. The minimum absolute atomic E-state index is 0.0252. The van der Waals surface area contributed by atoms with Crippen molar-refractivity contribution in [2.45, 2.75) is 0 Å². The third kappa shape index (κ3) is 2.25. The quantitative estimate of drug-likeness (QED) is 0.492. The summed E-state index contributed by atoms with van der Waals surface area (Å²) in [6.07, 6.45) is 0. The number of halogens is 1. The van der Waals surface area contributed by atoms with Gasteiger partial charge in [0, 0.05) is 16.1 Å². The van der Waals surface area contributed by atoms with Crippen LogP contribution >= 0.6 is 11.6 Å². The number of benzene rings is 3. The van der Waals surface area contributed by atoms with Crippen LogP contribution in [0.5, 0.6) is 5.75 Å². The molecule has 0 aliphatic heterocycles. The summed E-state index contributed by atoms with van der Waals surface area (Å²) in [7, 11) is 1.59. The molecule has 0 bridgehead atoms. The van der Waals surface area contributed by atoms with E-state index in [-0.39, 0.29) is 5.43 Å². The number of fused-ring (bicyclic) bond motifs is 2. The first-order valence-electron chi connectivity index (χ1n) is 7.56. The van der Waals surface area contributed by atoms with Gasteiger partial charge in [-0.15, -0.1) is 0 Å². The SMILES string of the molecule is COc1ccc2c(c1)c(=O)c1ccc(Cl)cc1n2-c1ccccc1. The molecular formula is C20H14ClNO2. The average molecular weight is 336 g/mol. The highest BCUT2D eigenvalue weighted by Gasteiger charge is 2.13. The van der Waals surface area contributed by atoms with Gasteiger partial charge < -0.3 is 9.30 Å². The number of hydrogen-bond acceptors (Lipinski definition) is 2. The maximum absolute atomic E-state index is 12.9. The highest BCUT2D eigenvalue weighted by molar-refractivity contribution is 6.31. The molecule has 0 spiro atoms. The van der Waals surface area contributed by atoms with Gasteiger partial charge in [0.05, 0.1) is 23.5 Å². The van der Waals surface area contributed by atoms with Crippen molar-refractivity contribution < 1.29 is 4.74 Å². The van der Waals surface area contributed by atoms with Crippen LogP contribution in [0.4, 0.5) is 0 Å². The van der Waals surface area contributed by atoms with Gasteiger partial charge in [-0.25, -0.2) is 0 Å². The third-order valence-corrected chi connectivity index (χ3v) is 4.38. The van der Waals surface area contributed by atoms with E-state index < -0.39 is 0 Å². The molecule has 4 rings (SSSR count). The van der Waals surface area contributed by atoms with Crippen LogP contribution in [0.15, 0.2) is 71.5 Å². The van der Waals surface area contributed by atoms with E-state index in [2.05, 4.69) is 4.57 Å². The molecule has 1 aromatic heterocycles. The molecule has 0 saturated heterocycles. The van der Waals surface area contributed by atoms with Gasteiger partial charge >= 0.3 is 0 Å². The van der Waals surface area contributed by atoms with Crippen molar-refractivity contribution in [2.24, 2.45) is 0 Å². The molecule has 118 valence electrons. The number of nitrogens with zero attached hydrogens (tertiary/aromatic N) is 1. The first-order chi connectivity index (χ1) is 11.7. The Kier molecular flexibility index (Phi) is 3.51. The lowest BCUT2D eigenvalue weighted by atomic mass is 10.1. The molecule has 0 fully saturated rings. The van der Waals surface area contributed by atoms with Crippen molar-refractivity contribution in [1.29, 1.82) is 0 Å². The van der Waals surface area contributed by atoms with E-state index in [1.54, 1.807) is 25.3 Å². The fourth-order valence-corrected chi connectivity index (χ4v) is 3.20. The second kappa shape index (κ2) is 5.69. The molecule has 1 heterocycles. The fourth-order valence-electron chi connectivity index (χ4n) is 3.03. The van der Waals surface area contributed by atoms with E-state index in [9.17, 15) is 4.79 Å². The van der Waals surface area contributed by atoms with Gasteiger partial charge in [0.2, 0.25) is 0 Å². The molecule has 3 aromatic carbocycles. The van der Waals surface area contributed by atoms with E-state index in [0.29, 0.717) is 21.5 Å². The van der Waals surface area contributed by atoms with Crippen molar-refractivity contribution in [3.8, 4) is 11.4 Å². The molecular weight excluding hydrogens is 322 g/mol. The molecule has 0 amide bonds. The molecule has 0 saturated carbocycles. The van der Waals surface area contributed by atoms with Crippen LogP contribution < -0.4 is 10.2 Å². The normalized spacial score (nSPS) is 11.1. The van der Waals surface area contributed by atoms with Gasteiger partial charge in [-0.2, -0.15) is 0 Å². The summed E-state index contributed by atoms with van der Waals surface area (Å²) in [4.78, 5) is 12.9. The van der Waals surface area contributed by atoms with Crippen molar-refractivity contribution in [3.63, 3.8) is 0 Å². The van der Waals surface area contributed by atoms with Gasteiger partial charge in [-0.05, 0) is 48.5 Å². The number of hydrogen-bond donors (Lipinski definition) is 0. The number of methoxy groups -OCH3 is 1. The predicted molar refractivity (Wildman–Crippen MR) is 98.6 cm³/mol. The Morgan fingerprint density at radius 3 is 2.42 bits per heavy atom. The second-order valence-corrected chi connectivity index (χ2v) is 5.98. The molecule has 0 unspecified atom stereocenters. The molecule has 0 atom stereocenters. The monoisotopic (exact) mass is 335 g/mol. The average Bonchev–Trinajstić information content (AvgIpc) is 2.62. The molecule has 0 radical (unpaired) electrons. The largest absolute Gasteiger partial charge is 0.497 e. The van der Waals surface area contributed by atoms with E-state index in [1.165, 1.54) is 0 Å². The van der Waals surface area contributed by atoms with Crippen molar-refractivity contribution in [3.05, 3.63) is 82.0 Å². The Bertz CT molecular complexity index is 1120. The highest BCUT2D eigenvalue weighted by atomic mass is 35.5. The first-order valence-corrected chi connectivity index (χ1v) is 7.94. The van der Waals surface area contributed by atoms with Gasteiger partial charge in [-0.3, -0.25) is 4.79 Å². The van der Waals surface area contributed by atoms with Crippen molar-refractivity contribution in [1.82, 2.24) is 4.57 Å². The number of para-hydroxylation sites is 1. The van der Waals surface area contributed by atoms with E-state index >= 15 is 0 Å². The third-order valence-electron chi connectivity index (χ3n) is 4.15. The summed E-state index contributed by atoms with van der Waals surface area (Å²) in [5.74, 6) is 0.660. The van der Waals surface area contributed by atoms with Crippen LogP contribution in [-0.4, -0.2) is 11.7 Å². The van der Waals surface area contributed by atoms with Gasteiger partial charge in [0.25, 0.3) is 0 Å². The number of rotatable bonds is 2. The lowest BCUT2D eigenvalue weighted by Gasteiger charge is -2.16. The number of pyridine rings is 1. The summed E-state index contributed by atoms with van der Waals surface area (Å²) in [6, 6.07) is 20.8. The van der Waals surface area contributed by atoms with Crippen LogP contribution in [0.25, 0.3) is 27.5 Å². The van der Waals surface area contributed by atoms with Gasteiger partial charge in [-0.1, -0.05) is 29.8 Å². The number of aromatic nitrogens is 1. The van der Waals surface area contributed by atoms with Crippen LogP contribution in [-0.2, 0) is 0 Å². The maximum atomic E-state index is 12.9. The van der Waals surface area contributed by atoms with Crippen LogP contribution in [0, 0.1) is 0 Å². The molecule has 0 N–H and O–H groups in total. The van der Waals surface area contributed by atoms with Crippen molar-refractivity contribution in [2.75, 3.05) is 7.11 Å². The maximum Gasteiger partial charge on any atom is 0.197 e. The second-order valence-electron chi connectivity index (χ2n) is 5.54. The molecule has 4 heteroatoms. The first kappa shape index (κ1) is 14.8. The topological polar surface area (TPSA) is 31.2 Å².